The highest BCUT2D eigenvalue weighted by atomic mass is 16.2. The highest BCUT2D eigenvalue weighted by Gasteiger charge is 2.21. The van der Waals surface area contributed by atoms with Crippen molar-refractivity contribution in [1.29, 1.82) is 0 Å². The van der Waals surface area contributed by atoms with Crippen LogP contribution in [0.5, 0.6) is 0 Å². The number of aryl methyl sites for hydroxylation is 2. The molecule has 0 aliphatic carbocycles. The number of nitrogens with zero attached hydrogens (tertiary/aromatic N) is 3. The third-order valence-corrected chi connectivity index (χ3v) is 3.92. The van der Waals surface area contributed by atoms with Gasteiger partial charge in [-0.3, -0.25) is 4.79 Å². The molecular weight excluding hydrogens is 276 g/mol. The van der Waals surface area contributed by atoms with Crippen molar-refractivity contribution in [3.05, 3.63) is 47.5 Å². The topological polar surface area (TPSA) is 59.3 Å². The van der Waals surface area contributed by atoms with Crippen molar-refractivity contribution < 1.29 is 4.79 Å². The first-order chi connectivity index (χ1) is 10.6. The van der Waals surface area contributed by atoms with Crippen molar-refractivity contribution >= 4 is 11.6 Å². The Kier molecular flexibility index (Phi) is 3.79. The van der Waals surface area contributed by atoms with E-state index < -0.39 is 0 Å². The second kappa shape index (κ2) is 5.75. The predicted octanol–water partition coefficient (Wildman–Crippen LogP) is 2.60. The Morgan fingerprint density at radius 2 is 2.05 bits per heavy atom. The molecule has 1 N–H and O–H groups in total. The summed E-state index contributed by atoms with van der Waals surface area (Å²) >= 11 is 0. The van der Waals surface area contributed by atoms with Gasteiger partial charge >= 0.3 is 0 Å². The molecule has 1 atom stereocenters. The fourth-order valence-corrected chi connectivity index (χ4v) is 2.82. The zero-order chi connectivity index (χ0) is 15.7. The molecule has 1 unspecified atom stereocenters. The van der Waals surface area contributed by atoms with E-state index in [2.05, 4.69) is 57.5 Å². The fraction of sp³-hybridized carbons (Fsp3) is 0.353. The Bertz CT molecular complexity index is 728. The van der Waals surface area contributed by atoms with Gasteiger partial charge in [0.1, 0.15) is 5.82 Å². The summed E-state index contributed by atoms with van der Waals surface area (Å²) in [5.74, 6) is 1.18. The first-order valence-electron chi connectivity index (χ1n) is 7.60. The Balaban J connectivity index is 1.91. The molecule has 2 aromatic rings. The van der Waals surface area contributed by atoms with E-state index in [0.29, 0.717) is 6.42 Å². The Labute approximate surface area is 130 Å². The SMILES string of the molecule is CCc1nc(C)cn1-c1ccc(C2=NNC(=O)CC2C)cc1. The fourth-order valence-electron chi connectivity index (χ4n) is 2.82. The molecular formula is C17H20N4O. The molecule has 0 saturated carbocycles. The molecule has 1 amide bonds. The number of aromatic nitrogens is 2. The summed E-state index contributed by atoms with van der Waals surface area (Å²) in [6.45, 7) is 6.14. The van der Waals surface area contributed by atoms with Crippen LogP contribution in [0.4, 0.5) is 0 Å². The minimum atomic E-state index is -0.0191. The van der Waals surface area contributed by atoms with Crippen LogP contribution < -0.4 is 5.43 Å². The van der Waals surface area contributed by atoms with Crippen LogP contribution in [-0.4, -0.2) is 21.2 Å². The third-order valence-electron chi connectivity index (χ3n) is 3.92. The summed E-state index contributed by atoms with van der Waals surface area (Å²) in [6, 6.07) is 8.25. The van der Waals surface area contributed by atoms with Gasteiger partial charge in [-0.2, -0.15) is 5.10 Å². The lowest BCUT2D eigenvalue weighted by molar-refractivity contribution is -0.121. The smallest absolute Gasteiger partial charge is 0.240 e. The minimum absolute atomic E-state index is 0.0191. The van der Waals surface area contributed by atoms with Crippen LogP contribution in [0.15, 0.2) is 35.6 Å². The van der Waals surface area contributed by atoms with Gasteiger partial charge in [-0.05, 0) is 24.6 Å². The second-order valence-corrected chi connectivity index (χ2v) is 5.71. The molecule has 1 aliphatic rings. The van der Waals surface area contributed by atoms with Crippen LogP contribution >= 0.6 is 0 Å². The van der Waals surface area contributed by atoms with Crippen molar-refractivity contribution in [3.63, 3.8) is 0 Å². The van der Waals surface area contributed by atoms with E-state index in [4.69, 9.17) is 0 Å². The Hall–Kier alpha value is -2.43. The first-order valence-corrected chi connectivity index (χ1v) is 7.60. The van der Waals surface area contributed by atoms with Gasteiger partial charge in [-0.15, -0.1) is 0 Å². The van der Waals surface area contributed by atoms with Crippen molar-refractivity contribution in [3.8, 4) is 5.69 Å². The lowest BCUT2D eigenvalue weighted by Gasteiger charge is -2.19. The molecule has 0 bridgehead atoms. The van der Waals surface area contributed by atoms with Gasteiger partial charge in [-0.25, -0.2) is 10.4 Å². The summed E-state index contributed by atoms with van der Waals surface area (Å²) in [6.07, 6.45) is 3.43. The van der Waals surface area contributed by atoms with Crippen LogP contribution in [0, 0.1) is 12.8 Å². The molecule has 0 fully saturated rings. The molecule has 2 heterocycles. The zero-order valence-corrected chi connectivity index (χ0v) is 13.1. The molecule has 5 nitrogen and oxygen atoms in total. The molecule has 5 heteroatoms. The Morgan fingerprint density at radius 3 is 2.68 bits per heavy atom. The van der Waals surface area contributed by atoms with E-state index in [-0.39, 0.29) is 11.8 Å². The summed E-state index contributed by atoms with van der Waals surface area (Å²) < 4.78 is 2.12. The maximum Gasteiger partial charge on any atom is 0.240 e. The van der Waals surface area contributed by atoms with E-state index in [9.17, 15) is 4.79 Å². The summed E-state index contributed by atoms with van der Waals surface area (Å²) in [5.41, 5.74) is 6.66. The van der Waals surface area contributed by atoms with Gasteiger partial charge in [0.05, 0.1) is 11.4 Å². The number of carbonyl (C=O) groups excluding carboxylic acids is 1. The number of benzene rings is 1. The lowest BCUT2D eigenvalue weighted by Crippen LogP contribution is -2.31. The molecule has 0 radical (unpaired) electrons. The standard InChI is InChI=1S/C17H20N4O/c1-4-15-18-12(3)10-21(15)14-7-5-13(6-8-14)17-11(2)9-16(22)19-20-17/h5-8,10-11H,4,9H2,1-3H3,(H,19,22). The van der Waals surface area contributed by atoms with Gasteiger partial charge in [0.25, 0.3) is 0 Å². The molecule has 3 rings (SSSR count). The quantitative estimate of drug-likeness (QED) is 0.946. The van der Waals surface area contributed by atoms with Crippen LogP contribution in [0.1, 0.15) is 37.4 Å². The van der Waals surface area contributed by atoms with E-state index in [0.717, 1.165) is 34.9 Å². The van der Waals surface area contributed by atoms with Gasteiger partial charge in [0.15, 0.2) is 0 Å². The van der Waals surface area contributed by atoms with E-state index in [1.165, 1.54) is 0 Å². The van der Waals surface area contributed by atoms with Gasteiger partial charge in [-0.1, -0.05) is 26.0 Å². The third kappa shape index (κ3) is 2.66. The number of nitrogens with one attached hydrogen (secondary N) is 1. The zero-order valence-electron chi connectivity index (χ0n) is 13.1. The van der Waals surface area contributed by atoms with Crippen molar-refractivity contribution in [2.45, 2.75) is 33.6 Å². The maximum absolute atomic E-state index is 11.3. The van der Waals surface area contributed by atoms with E-state index in [1.807, 2.05) is 13.8 Å². The number of hydrogen-bond donors (Lipinski definition) is 1. The van der Waals surface area contributed by atoms with E-state index in [1.54, 1.807) is 0 Å². The van der Waals surface area contributed by atoms with E-state index >= 15 is 0 Å². The number of amides is 1. The highest BCUT2D eigenvalue weighted by molar-refractivity contribution is 6.05. The van der Waals surface area contributed by atoms with Gasteiger partial charge in [0.2, 0.25) is 5.91 Å². The summed E-state index contributed by atoms with van der Waals surface area (Å²) in [7, 11) is 0. The number of hydrazone groups is 1. The molecule has 0 spiro atoms. The van der Waals surface area contributed by atoms with Crippen molar-refractivity contribution in [2.24, 2.45) is 11.0 Å². The van der Waals surface area contributed by atoms with Crippen LogP contribution in [-0.2, 0) is 11.2 Å². The maximum atomic E-state index is 11.3. The molecule has 114 valence electrons. The normalized spacial score (nSPS) is 18.0. The molecule has 0 saturated heterocycles. The van der Waals surface area contributed by atoms with Crippen LogP contribution in [0.2, 0.25) is 0 Å². The average molecular weight is 296 g/mol. The number of imidazole rings is 1. The van der Waals surface area contributed by atoms with Crippen molar-refractivity contribution in [2.75, 3.05) is 0 Å². The number of carbonyl (C=O) groups is 1. The van der Waals surface area contributed by atoms with Gasteiger partial charge < -0.3 is 4.57 Å². The molecule has 1 aliphatic heterocycles. The van der Waals surface area contributed by atoms with Gasteiger partial charge in [0, 0.05) is 30.6 Å². The number of rotatable bonds is 3. The highest BCUT2D eigenvalue weighted by Crippen LogP contribution is 2.19. The lowest BCUT2D eigenvalue weighted by atomic mass is 9.94. The number of hydrogen-bond acceptors (Lipinski definition) is 3. The van der Waals surface area contributed by atoms with Crippen LogP contribution in [0.3, 0.4) is 0 Å². The molecule has 1 aromatic carbocycles. The minimum Gasteiger partial charge on any atom is -0.303 e. The monoisotopic (exact) mass is 296 g/mol. The Morgan fingerprint density at radius 1 is 1.32 bits per heavy atom. The molecule has 22 heavy (non-hydrogen) atoms. The van der Waals surface area contributed by atoms with Crippen molar-refractivity contribution in [1.82, 2.24) is 15.0 Å². The summed E-state index contributed by atoms with van der Waals surface area (Å²) in [5, 5.41) is 4.20. The first kappa shape index (κ1) is 14.5. The van der Waals surface area contributed by atoms with Crippen LogP contribution in [0.25, 0.3) is 5.69 Å². The predicted molar refractivity (Wildman–Crippen MR) is 86.1 cm³/mol. The average Bonchev–Trinajstić information content (AvgIpc) is 2.89. The molecule has 1 aromatic heterocycles. The summed E-state index contributed by atoms with van der Waals surface area (Å²) in [4.78, 5) is 15.9. The largest absolute Gasteiger partial charge is 0.303 e. The second-order valence-electron chi connectivity index (χ2n) is 5.71.